The van der Waals surface area contributed by atoms with E-state index in [0.29, 0.717) is 11.9 Å². The van der Waals surface area contributed by atoms with Crippen molar-refractivity contribution in [2.75, 3.05) is 6.61 Å². The highest BCUT2D eigenvalue weighted by molar-refractivity contribution is 8.00. The monoisotopic (exact) mass is 216 g/mol. The molecule has 0 bridgehead atoms. The van der Waals surface area contributed by atoms with Crippen molar-refractivity contribution >= 4 is 11.8 Å². The van der Waals surface area contributed by atoms with Gasteiger partial charge in [-0.2, -0.15) is 11.8 Å². The van der Waals surface area contributed by atoms with Crippen LogP contribution >= 0.6 is 11.8 Å². The van der Waals surface area contributed by atoms with Crippen molar-refractivity contribution in [3.05, 3.63) is 0 Å². The standard InChI is InChI=1S/C12H24OS/c1-9-4-5-12(8-10(9)2)14-11(3)6-7-13/h9-13H,4-8H2,1-3H3. The normalized spacial score (nSPS) is 35.6. The van der Waals surface area contributed by atoms with Gasteiger partial charge in [0.25, 0.3) is 0 Å². The number of hydrogen-bond acceptors (Lipinski definition) is 2. The average molecular weight is 216 g/mol. The Hall–Kier alpha value is 0.310. The molecule has 1 rings (SSSR count). The predicted octanol–water partition coefficient (Wildman–Crippen LogP) is 3.32. The lowest BCUT2D eigenvalue weighted by atomic mass is 9.81. The molecule has 4 unspecified atom stereocenters. The van der Waals surface area contributed by atoms with E-state index in [1.807, 2.05) is 0 Å². The Bertz CT molecular complexity index is 160. The lowest BCUT2D eigenvalue weighted by Gasteiger charge is -2.33. The molecule has 1 aliphatic carbocycles. The number of thioether (sulfide) groups is 1. The van der Waals surface area contributed by atoms with Crippen molar-refractivity contribution in [3.8, 4) is 0 Å². The fourth-order valence-electron chi connectivity index (χ4n) is 2.20. The van der Waals surface area contributed by atoms with Gasteiger partial charge in [0.1, 0.15) is 0 Å². The third-order valence-electron chi connectivity index (χ3n) is 3.51. The molecule has 0 aromatic rings. The summed E-state index contributed by atoms with van der Waals surface area (Å²) in [5.74, 6) is 1.81. The van der Waals surface area contributed by atoms with E-state index in [4.69, 9.17) is 5.11 Å². The molecule has 0 aliphatic heterocycles. The molecule has 1 aliphatic rings. The Labute approximate surface area is 92.7 Å². The average Bonchev–Trinajstić information content (AvgIpc) is 2.12. The van der Waals surface area contributed by atoms with Crippen LogP contribution in [0.15, 0.2) is 0 Å². The van der Waals surface area contributed by atoms with Crippen molar-refractivity contribution < 1.29 is 5.11 Å². The van der Waals surface area contributed by atoms with E-state index >= 15 is 0 Å². The summed E-state index contributed by atoms with van der Waals surface area (Å²) < 4.78 is 0. The van der Waals surface area contributed by atoms with Crippen molar-refractivity contribution in [1.82, 2.24) is 0 Å². The van der Waals surface area contributed by atoms with Gasteiger partial charge in [-0.05, 0) is 37.5 Å². The van der Waals surface area contributed by atoms with Crippen LogP contribution < -0.4 is 0 Å². The Kier molecular flexibility index (Phi) is 5.32. The molecule has 0 saturated heterocycles. The van der Waals surface area contributed by atoms with E-state index in [2.05, 4.69) is 32.5 Å². The van der Waals surface area contributed by atoms with E-state index in [1.165, 1.54) is 19.3 Å². The molecule has 0 aromatic heterocycles. The fraction of sp³-hybridized carbons (Fsp3) is 1.00. The van der Waals surface area contributed by atoms with Crippen LogP contribution in [0, 0.1) is 11.8 Å². The summed E-state index contributed by atoms with van der Waals surface area (Å²) in [6.07, 6.45) is 5.10. The van der Waals surface area contributed by atoms with Gasteiger partial charge in [-0.3, -0.25) is 0 Å². The van der Waals surface area contributed by atoms with Gasteiger partial charge < -0.3 is 5.11 Å². The Morgan fingerprint density at radius 1 is 1.29 bits per heavy atom. The summed E-state index contributed by atoms with van der Waals surface area (Å²) in [6.45, 7) is 7.34. The van der Waals surface area contributed by atoms with Crippen LogP contribution in [0.3, 0.4) is 0 Å². The summed E-state index contributed by atoms with van der Waals surface area (Å²) in [4.78, 5) is 0. The van der Waals surface area contributed by atoms with Crippen LogP contribution in [-0.2, 0) is 0 Å². The molecule has 84 valence electrons. The Morgan fingerprint density at radius 3 is 2.57 bits per heavy atom. The Morgan fingerprint density at radius 2 is 2.00 bits per heavy atom. The molecule has 14 heavy (non-hydrogen) atoms. The lowest BCUT2D eigenvalue weighted by Crippen LogP contribution is -2.23. The van der Waals surface area contributed by atoms with E-state index in [1.54, 1.807) is 0 Å². The summed E-state index contributed by atoms with van der Waals surface area (Å²) in [7, 11) is 0. The topological polar surface area (TPSA) is 20.2 Å². The molecule has 1 N–H and O–H groups in total. The van der Waals surface area contributed by atoms with Crippen molar-refractivity contribution in [2.24, 2.45) is 11.8 Å². The highest BCUT2D eigenvalue weighted by Gasteiger charge is 2.25. The predicted molar refractivity (Wildman–Crippen MR) is 64.7 cm³/mol. The summed E-state index contributed by atoms with van der Waals surface area (Å²) >= 11 is 2.09. The second kappa shape index (κ2) is 6.02. The molecule has 0 aromatic carbocycles. The molecular formula is C12H24OS. The van der Waals surface area contributed by atoms with Crippen LogP contribution in [0.25, 0.3) is 0 Å². The number of hydrogen-bond donors (Lipinski definition) is 1. The maximum atomic E-state index is 8.85. The molecule has 0 heterocycles. The van der Waals surface area contributed by atoms with E-state index in [9.17, 15) is 0 Å². The van der Waals surface area contributed by atoms with Crippen molar-refractivity contribution in [2.45, 2.75) is 57.0 Å². The summed E-state index contributed by atoms with van der Waals surface area (Å²) in [6, 6.07) is 0. The van der Waals surface area contributed by atoms with Gasteiger partial charge in [-0.1, -0.05) is 20.8 Å². The fourth-order valence-corrected chi connectivity index (χ4v) is 3.79. The molecule has 0 amide bonds. The summed E-state index contributed by atoms with van der Waals surface area (Å²) in [5, 5.41) is 10.3. The third-order valence-corrected chi connectivity index (χ3v) is 5.02. The first-order chi connectivity index (χ1) is 6.63. The first-order valence-electron chi connectivity index (χ1n) is 5.89. The minimum absolute atomic E-state index is 0.340. The number of rotatable bonds is 4. The maximum Gasteiger partial charge on any atom is 0.0441 e. The molecular weight excluding hydrogens is 192 g/mol. The van der Waals surface area contributed by atoms with Gasteiger partial charge >= 0.3 is 0 Å². The van der Waals surface area contributed by atoms with Crippen molar-refractivity contribution in [3.63, 3.8) is 0 Å². The van der Waals surface area contributed by atoms with Gasteiger partial charge in [-0.25, -0.2) is 0 Å². The van der Waals surface area contributed by atoms with Crippen LogP contribution in [0.5, 0.6) is 0 Å². The zero-order valence-corrected chi connectivity index (χ0v) is 10.5. The minimum atomic E-state index is 0.340. The molecule has 1 nitrogen and oxygen atoms in total. The second-order valence-corrected chi connectivity index (χ2v) is 6.59. The molecule has 0 radical (unpaired) electrons. The quantitative estimate of drug-likeness (QED) is 0.778. The number of aliphatic hydroxyl groups excluding tert-OH is 1. The van der Waals surface area contributed by atoms with Crippen LogP contribution in [0.2, 0.25) is 0 Å². The zero-order chi connectivity index (χ0) is 10.6. The first-order valence-corrected chi connectivity index (χ1v) is 6.84. The van der Waals surface area contributed by atoms with Crippen molar-refractivity contribution in [1.29, 1.82) is 0 Å². The van der Waals surface area contributed by atoms with E-state index in [-0.39, 0.29) is 0 Å². The van der Waals surface area contributed by atoms with Crippen LogP contribution in [0.1, 0.15) is 46.5 Å². The lowest BCUT2D eigenvalue weighted by molar-refractivity contribution is 0.280. The zero-order valence-electron chi connectivity index (χ0n) is 9.70. The first kappa shape index (κ1) is 12.4. The highest BCUT2D eigenvalue weighted by Crippen LogP contribution is 2.37. The number of aliphatic hydroxyl groups is 1. The SMILES string of the molecule is CC(CCO)SC1CCC(C)C(C)C1. The minimum Gasteiger partial charge on any atom is -0.396 e. The Balaban J connectivity index is 2.25. The van der Waals surface area contributed by atoms with Gasteiger partial charge in [0.2, 0.25) is 0 Å². The van der Waals surface area contributed by atoms with E-state index < -0.39 is 0 Å². The van der Waals surface area contributed by atoms with Crippen LogP contribution in [0.4, 0.5) is 0 Å². The van der Waals surface area contributed by atoms with Crippen LogP contribution in [-0.4, -0.2) is 22.2 Å². The molecule has 1 saturated carbocycles. The smallest absolute Gasteiger partial charge is 0.0441 e. The highest BCUT2D eigenvalue weighted by atomic mass is 32.2. The summed E-state index contributed by atoms with van der Waals surface area (Å²) in [5.41, 5.74) is 0. The largest absolute Gasteiger partial charge is 0.396 e. The molecule has 1 fully saturated rings. The van der Waals surface area contributed by atoms with Gasteiger partial charge in [0.05, 0.1) is 0 Å². The molecule has 0 spiro atoms. The molecule has 2 heteroatoms. The second-order valence-electron chi connectivity index (χ2n) is 4.85. The molecule has 4 atom stereocenters. The van der Waals surface area contributed by atoms with Gasteiger partial charge in [0, 0.05) is 17.1 Å². The maximum absolute atomic E-state index is 8.85. The van der Waals surface area contributed by atoms with Gasteiger partial charge in [0.15, 0.2) is 0 Å². The van der Waals surface area contributed by atoms with Gasteiger partial charge in [-0.15, -0.1) is 0 Å². The third kappa shape index (κ3) is 3.82. The van der Waals surface area contributed by atoms with E-state index in [0.717, 1.165) is 23.5 Å².